The first kappa shape index (κ1) is 22.0. The van der Waals surface area contributed by atoms with Gasteiger partial charge in [0.1, 0.15) is 11.3 Å². The van der Waals surface area contributed by atoms with Crippen LogP contribution in [0.1, 0.15) is 31.2 Å². The van der Waals surface area contributed by atoms with Crippen molar-refractivity contribution >= 4 is 21.9 Å². The highest BCUT2D eigenvalue weighted by molar-refractivity contribution is 6.00. The summed E-state index contributed by atoms with van der Waals surface area (Å²) in [4.78, 5) is 12.5. The molecule has 0 saturated heterocycles. The van der Waals surface area contributed by atoms with Crippen LogP contribution < -0.4 is 5.32 Å². The van der Waals surface area contributed by atoms with Crippen molar-refractivity contribution in [3.63, 3.8) is 0 Å². The number of benzene rings is 1. The van der Waals surface area contributed by atoms with E-state index >= 15 is 0 Å². The van der Waals surface area contributed by atoms with Crippen LogP contribution in [-0.4, -0.2) is 31.7 Å². The second-order valence-corrected chi connectivity index (χ2v) is 10.0. The number of rotatable bonds is 7. The Bertz CT molecular complexity index is 1670. The monoisotopic (exact) mass is 488 g/mol. The van der Waals surface area contributed by atoms with Crippen LogP contribution in [0.5, 0.6) is 0 Å². The lowest BCUT2D eigenvalue weighted by Gasteiger charge is -2.11. The van der Waals surface area contributed by atoms with Crippen molar-refractivity contribution in [2.45, 2.75) is 32.2 Å². The summed E-state index contributed by atoms with van der Waals surface area (Å²) < 4.78 is 5.31. The molecule has 0 amide bonds. The lowest BCUT2D eigenvalue weighted by atomic mass is 10.0. The van der Waals surface area contributed by atoms with E-state index in [1.54, 1.807) is 12.5 Å². The van der Waals surface area contributed by atoms with Crippen LogP contribution in [0.15, 0.2) is 78.0 Å². The maximum absolute atomic E-state index is 5.31. The van der Waals surface area contributed by atoms with Gasteiger partial charge in [-0.05, 0) is 78.4 Å². The van der Waals surface area contributed by atoms with E-state index in [1.807, 2.05) is 30.7 Å². The summed E-state index contributed by atoms with van der Waals surface area (Å²) in [6, 6.07) is 14.7. The van der Waals surface area contributed by atoms with Crippen LogP contribution in [0.3, 0.4) is 0 Å². The van der Waals surface area contributed by atoms with Crippen molar-refractivity contribution in [3.8, 4) is 33.6 Å². The molecule has 6 aromatic rings. The Hall–Kier alpha value is -4.23. The molecule has 5 aromatic heterocycles. The zero-order valence-electron chi connectivity index (χ0n) is 20.5. The van der Waals surface area contributed by atoms with E-state index in [0.717, 1.165) is 74.6 Å². The van der Waals surface area contributed by atoms with Gasteiger partial charge in [0, 0.05) is 47.0 Å². The molecule has 184 valence electrons. The first-order chi connectivity index (χ1) is 18.3. The molecule has 0 radical (unpaired) electrons. The minimum absolute atomic E-state index is 0.822. The molecule has 1 aromatic carbocycles. The molecule has 5 heterocycles. The lowest BCUT2D eigenvalue weighted by molar-refractivity contribution is 0.489. The number of aromatic nitrogens is 5. The first-order valence-corrected chi connectivity index (χ1v) is 13.0. The summed E-state index contributed by atoms with van der Waals surface area (Å²) in [6.07, 6.45) is 14.6. The maximum atomic E-state index is 5.31. The van der Waals surface area contributed by atoms with E-state index in [0.29, 0.717) is 0 Å². The van der Waals surface area contributed by atoms with Crippen molar-refractivity contribution in [1.82, 2.24) is 30.5 Å². The van der Waals surface area contributed by atoms with E-state index < -0.39 is 0 Å². The molecule has 0 spiro atoms. The first-order valence-electron chi connectivity index (χ1n) is 13.0. The number of hydrogen-bond donors (Lipinski definition) is 3. The average Bonchev–Trinajstić information content (AvgIpc) is 3.74. The predicted octanol–water partition coefficient (Wildman–Crippen LogP) is 6.71. The fraction of sp³-hybridized carbons (Fsp3) is 0.233. The molecule has 7 rings (SSSR count). The standard InChI is InChI=1S/C30H28N6O/c1-2-4-19(3-1)14-31-15-20-11-23(17-32-16-20)21-5-6-27-26(12-21)29(36-35-27)28-13-25-24(22-8-10-37-18-22)7-9-33-30(25)34-28/h5-13,16-19,31H,1-4,14-15H2,(H,33,34)(H,35,36). The molecular formula is C30H28N6O. The van der Waals surface area contributed by atoms with E-state index in [4.69, 9.17) is 4.42 Å². The predicted molar refractivity (Wildman–Crippen MR) is 146 cm³/mol. The number of hydrogen-bond acceptors (Lipinski definition) is 5. The van der Waals surface area contributed by atoms with Gasteiger partial charge in [-0.3, -0.25) is 10.1 Å². The highest BCUT2D eigenvalue weighted by Crippen LogP contribution is 2.34. The zero-order chi connectivity index (χ0) is 24.6. The second kappa shape index (κ2) is 9.33. The van der Waals surface area contributed by atoms with Gasteiger partial charge in [-0.2, -0.15) is 5.10 Å². The second-order valence-electron chi connectivity index (χ2n) is 10.0. The minimum Gasteiger partial charge on any atom is -0.472 e. The smallest absolute Gasteiger partial charge is 0.138 e. The molecule has 1 fully saturated rings. The number of furan rings is 1. The molecule has 3 N–H and O–H groups in total. The normalized spacial score (nSPS) is 14.3. The molecule has 0 atom stereocenters. The Morgan fingerprint density at radius 1 is 0.946 bits per heavy atom. The van der Waals surface area contributed by atoms with Crippen molar-refractivity contribution in [1.29, 1.82) is 0 Å². The Balaban J connectivity index is 1.20. The summed E-state index contributed by atoms with van der Waals surface area (Å²) >= 11 is 0. The SMILES string of the molecule is c1cc(-c2ccoc2)c2cc(-c3n[nH]c4ccc(-c5cncc(CNCC6CCCC6)c5)cc34)[nH]c2n1. The molecule has 0 bridgehead atoms. The van der Waals surface area contributed by atoms with Crippen LogP contribution in [0, 0.1) is 5.92 Å². The van der Waals surface area contributed by atoms with Crippen molar-refractivity contribution in [3.05, 3.63) is 79.1 Å². The van der Waals surface area contributed by atoms with Crippen LogP contribution in [0.4, 0.5) is 0 Å². The molecule has 0 unspecified atom stereocenters. The highest BCUT2D eigenvalue weighted by Gasteiger charge is 2.16. The van der Waals surface area contributed by atoms with E-state index in [-0.39, 0.29) is 0 Å². The number of aromatic amines is 2. The summed E-state index contributed by atoms with van der Waals surface area (Å²) in [5.74, 6) is 0.827. The molecule has 1 saturated carbocycles. The quantitative estimate of drug-likeness (QED) is 0.232. The van der Waals surface area contributed by atoms with Gasteiger partial charge in [0.25, 0.3) is 0 Å². The number of nitrogens with one attached hydrogen (secondary N) is 3. The maximum Gasteiger partial charge on any atom is 0.138 e. The summed E-state index contributed by atoms with van der Waals surface area (Å²) in [5.41, 5.74) is 9.13. The number of fused-ring (bicyclic) bond motifs is 2. The van der Waals surface area contributed by atoms with Gasteiger partial charge in [0.2, 0.25) is 0 Å². The van der Waals surface area contributed by atoms with Gasteiger partial charge in [-0.25, -0.2) is 4.98 Å². The van der Waals surface area contributed by atoms with Gasteiger partial charge < -0.3 is 14.7 Å². The number of nitrogens with zero attached hydrogens (tertiary/aromatic N) is 3. The third kappa shape index (κ3) is 4.21. The number of H-pyrrole nitrogens is 2. The third-order valence-electron chi connectivity index (χ3n) is 7.55. The van der Waals surface area contributed by atoms with E-state index in [1.165, 1.54) is 31.2 Å². The van der Waals surface area contributed by atoms with Crippen molar-refractivity contribution in [2.75, 3.05) is 6.54 Å². The Labute approximate surface area is 214 Å². The molecule has 7 nitrogen and oxygen atoms in total. The van der Waals surface area contributed by atoms with Crippen molar-refractivity contribution < 1.29 is 4.42 Å². The van der Waals surface area contributed by atoms with Crippen LogP contribution in [0.2, 0.25) is 0 Å². The van der Waals surface area contributed by atoms with E-state index in [9.17, 15) is 0 Å². The molecule has 1 aliphatic carbocycles. The van der Waals surface area contributed by atoms with Gasteiger partial charge in [0.05, 0.1) is 23.7 Å². The molecular weight excluding hydrogens is 460 g/mol. The van der Waals surface area contributed by atoms with Crippen LogP contribution in [-0.2, 0) is 6.54 Å². The van der Waals surface area contributed by atoms with Gasteiger partial charge in [-0.15, -0.1) is 0 Å². The summed E-state index contributed by atoms with van der Waals surface area (Å²) in [6.45, 7) is 1.94. The third-order valence-corrected chi connectivity index (χ3v) is 7.55. The largest absolute Gasteiger partial charge is 0.472 e. The summed E-state index contributed by atoms with van der Waals surface area (Å²) in [5, 5.41) is 13.6. The highest BCUT2D eigenvalue weighted by atomic mass is 16.3. The fourth-order valence-corrected chi connectivity index (χ4v) is 5.60. The van der Waals surface area contributed by atoms with Gasteiger partial charge in [0.15, 0.2) is 0 Å². The van der Waals surface area contributed by atoms with Crippen molar-refractivity contribution in [2.24, 2.45) is 5.92 Å². The molecule has 0 aliphatic heterocycles. The van der Waals surface area contributed by atoms with Gasteiger partial charge in [-0.1, -0.05) is 18.9 Å². The topological polar surface area (TPSA) is 95.4 Å². The molecule has 37 heavy (non-hydrogen) atoms. The Morgan fingerprint density at radius 2 is 1.89 bits per heavy atom. The zero-order valence-corrected chi connectivity index (χ0v) is 20.5. The minimum atomic E-state index is 0.822. The fourth-order valence-electron chi connectivity index (χ4n) is 5.60. The lowest BCUT2D eigenvalue weighted by Crippen LogP contribution is -2.20. The number of pyridine rings is 2. The van der Waals surface area contributed by atoms with Gasteiger partial charge >= 0.3 is 0 Å². The van der Waals surface area contributed by atoms with Crippen LogP contribution >= 0.6 is 0 Å². The molecule has 1 aliphatic rings. The Kier molecular flexibility index (Phi) is 5.55. The Morgan fingerprint density at radius 3 is 2.78 bits per heavy atom. The average molecular weight is 489 g/mol. The van der Waals surface area contributed by atoms with Crippen LogP contribution in [0.25, 0.3) is 55.6 Å². The summed E-state index contributed by atoms with van der Waals surface area (Å²) in [7, 11) is 0. The molecule has 7 heteroatoms. The van der Waals surface area contributed by atoms with E-state index in [2.05, 4.69) is 60.8 Å².